The van der Waals surface area contributed by atoms with Crippen molar-refractivity contribution >= 4 is 0 Å². The van der Waals surface area contributed by atoms with E-state index in [9.17, 15) is 9.50 Å². The van der Waals surface area contributed by atoms with Gasteiger partial charge in [0.15, 0.2) is 23.1 Å². The second kappa shape index (κ2) is 5.26. The first-order valence-corrected chi connectivity index (χ1v) is 8.39. The molecule has 3 aliphatic heterocycles. The number of ether oxygens (including phenoxy) is 3. The Morgan fingerprint density at radius 1 is 1.24 bits per heavy atom. The van der Waals surface area contributed by atoms with Crippen molar-refractivity contribution < 1.29 is 23.7 Å². The van der Waals surface area contributed by atoms with Gasteiger partial charge in [0.25, 0.3) is 0 Å². The largest absolute Gasteiger partial charge is 0.504 e. The molecule has 0 amide bonds. The topological polar surface area (TPSA) is 51.2 Å². The van der Waals surface area contributed by atoms with Gasteiger partial charge in [-0.2, -0.15) is 0 Å². The summed E-state index contributed by atoms with van der Waals surface area (Å²) in [6, 6.07) is 5.72. The van der Waals surface area contributed by atoms with Crippen LogP contribution in [0, 0.1) is 5.82 Å². The van der Waals surface area contributed by atoms with Crippen LogP contribution in [0.3, 0.4) is 0 Å². The Morgan fingerprint density at radius 2 is 2.12 bits per heavy atom. The second-order valence-electron chi connectivity index (χ2n) is 6.73. The number of methoxy groups -OCH3 is 1. The van der Waals surface area contributed by atoms with Crippen LogP contribution in [0.15, 0.2) is 18.2 Å². The number of benzene rings is 2. The molecule has 0 bridgehead atoms. The average Bonchev–Trinajstić information content (AvgIpc) is 3.09. The lowest BCUT2D eigenvalue weighted by Gasteiger charge is -2.41. The number of fused-ring (bicyclic) bond motifs is 5. The molecular weight excluding hydrogens is 325 g/mol. The van der Waals surface area contributed by atoms with E-state index < -0.39 is 0 Å². The van der Waals surface area contributed by atoms with Gasteiger partial charge >= 0.3 is 0 Å². The Bertz CT molecular complexity index is 882. The summed E-state index contributed by atoms with van der Waals surface area (Å²) in [5.74, 6) is 1.06. The van der Waals surface area contributed by atoms with Gasteiger partial charge in [-0.05, 0) is 47.7 Å². The van der Waals surface area contributed by atoms with Crippen molar-refractivity contribution in [1.29, 1.82) is 0 Å². The fourth-order valence-electron chi connectivity index (χ4n) is 4.22. The summed E-state index contributed by atoms with van der Waals surface area (Å²) in [5, 5.41) is 10.2. The van der Waals surface area contributed by atoms with Gasteiger partial charge < -0.3 is 19.3 Å². The van der Waals surface area contributed by atoms with Crippen molar-refractivity contribution in [3.05, 3.63) is 46.3 Å². The number of rotatable bonds is 1. The monoisotopic (exact) mass is 343 g/mol. The first-order chi connectivity index (χ1) is 12.2. The minimum Gasteiger partial charge on any atom is -0.504 e. The zero-order valence-electron chi connectivity index (χ0n) is 13.8. The van der Waals surface area contributed by atoms with E-state index in [1.165, 1.54) is 5.56 Å². The van der Waals surface area contributed by atoms with Gasteiger partial charge in [0.2, 0.25) is 12.5 Å². The molecule has 130 valence electrons. The van der Waals surface area contributed by atoms with Crippen molar-refractivity contribution in [2.75, 3.05) is 20.4 Å². The molecule has 0 spiro atoms. The average molecular weight is 343 g/mol. The number of hydrogen-bond donors (Lipinski definition) is 1. The lowest BCUT2D eigenvalue weighted by Crippen LogP contribution is -2.39. The molecule has 1 unspecified atom stereocenters. The van der Waals surface area contributed by atoms with Crippen molar-refractivity contribution in [3.8, 4) is 23.0 Å². The second-order valence-corrected chi connectivity index (χ2v) is 6.73. The molecule has 0 aliphatic carbocycles. The highest BCUT2D eigenvalue weighted by Gasteiger charge is 2.36. The smallest absolute Gasteiger partial charge is 0.231 e. The molecule has 5 rings (SSSR count). The van der Waals surface area contributed by atoms with Gasteiger partial charge in [0.1, 0.15) is 0 Å². The lowest BCUT2D eigenvalue weighted by atomic mass is 9.83. The Morgan fingerprint density at radius 3 is 2.96 bits per heavy atom. The highest BCUT2D eigenvalue weighted by molar-refractivity contribution is 5.53. The minimum atomic E-state index is -0.299. The molecule has 0 aromatic heterocycles. The molecular formula is C19H18FNO4. The maximum Gasteiger partial charge on any atom is 0.231 e. The van der Waals surface area contributed by atoms with Gasteiger partial charge in [-0.1, -0.05) is 0 Å². The van der Waals surface area contributed by atoms with Crippen LogP contribution < -0.4 is 14.2 Å². The highest BCUT2D eigenvalue weighted by Crippen LogP contribution is 2.46. The fraction of sp³-hybridized carbons (Fsp3) is 0.368. The molecule has 5 nitrogen and oxygen atoms in total. The molecule has 0 saturated heterocycles. The molecule has 0 fully saturated rings. The van der Waals surface area contributed by atoms with Crippen LogP contribution in [0.5, 0.6) is 23.0 Å². The van der Waals surface area contributed by atoms with Crippen molar-refractivity contribution in [2.24, 2.45) is 0 Å². The third kappa shape index (κ3) is 2.10. The maximum atomic E-state index is 14.8. The van der Waals surface area contributed by atoms with Gasteiger partial charge in [-0.15, -0.1) is 0 Å². The van der Waals surface area contributed by atoms with E-state index in [4.69, 9.17) is 14.2 Å². The first kappa shape index (κ1) is 14.8. The predicted molar refractivity (Wildman–Crippen MR) is 87.7 cm³/mol. The van der Waals surface area contributed by atoms with E-state index in [0.29, 0.717) is 30.0 Å². The number of halogens is 1. The van der Waals surface area contributed by atoms with E-state index in [1.807, 2.05) is 12.1 Å². The minimum absolute atomic E-state index is 0.0682. The van der Waals surface area contributed by atoms with Crippen LogP contribution in [0.25, 0.3) is 0 Å². The maximum absolute atomic E-state index is 14.8. The van der Waals surface area contributed by atoms with Crippen molar-refractivity contribution in [1.82, 2.24) is 4.90 Å². The molecule has 1 atom stereocenters. The SMILES string of the molecule is COc1cc2c(cc1O)C1Cc3cc4c(c(F)c3CN1CC2)OCO4. The van der Waals surface area contributed by atoms with Gasteiger partial charge in [0, 0.05) is 24.7 Å². The Hall–Kier alpha value is -2.47. The number of aromatic hydroxyl groups is 1. The normalized spacial score (nSPS) is 20.6. The van der Waals surface area contributed by atoms with E-state index in [0.717, 1.165) is 24.1 Å². The van der Waals surface area contributed by atoms with Crippen molar-refractivity contribution in [2.45, 2.75) is 25.4 Å². The first-order valence-electron chi connectivity index (χ1n) is 8.39. The molecule has 3 heterocycles. The Kier molecular flexibility index (Phi) is 3.12. The van der Waals surface area contributed by atoms with Crippen LogP contribution in [-0.2, 0) is 19.4 Å². The Balaban J connectivity index is 1.59. The van der Waals surface area contributed by atoms with Crippen LogP contribution in [0.1, 0.15) is 28.3 Å². The summed E-state index contributed by atoms with van der Waals surface area (Å²) < 4.78 is 30.6. The van der Waals surface area contributed by atoms with Crippen molar-refractivity contribution in [3.63, 3.8) is 0 Å². The van der Waals surface area contributed by atoms with E-state index >= 15 is 0 Å². The van der Waals surface area contributed by atoms with Gasteiger partial charge in [-0.25, -0.2) is 4.39 Å². The third-order valence-corrected chi connectivity index (χ3v) is 5.48. The Labute approximate surface area is 144 Å². The standard InChI is InChI=1S/C19H18FNO4/c1-23-16-5-10-2-3-21-8-13-11(4-14(21)12(10)7-15(16)22)6-17-19(18(13)20)25-9-24-17/h5-7,14,22H,2-4,8-9H2,1H3. The summed E-state index contributed by atoms with van der Waals surface area (Å²) in [5.41, 5.74) is 3.92. The summed E-state index contributed by atoms with van der Waals surface area (Å²) >= 11 is 0. The summed E-state index contributed by atoms with van der Waals surface area (Å²) in [7, 11) is 1.55. The zero-order chi connectivity index (χ0) is 17.1. The third-order valence-electron chi connectivity index (χ3n) is 5.48. The summed E-state index contributed by atoms with van der Waals surface area (Å²) in [4.78, 5) is 2.27. The molecule has 2 aromatic carbocycles. The molecule has 25 heavy (non-hydrogen) atoms. The summed E-state index contributed by atoms with van der Waals surface area (Å²) in [6.07, 6.45) is 1.53. The predicted octanol–water partition coefficient (Wildman–Crippen LogP) is 2.92. The van der Waals surface area contributed by atoms with Gasteiger partial charge in [-0.3, -0.25) is 4.90 Å². The van der Waals surface area contributed by atoms with Crippen LogP contribution in [0.2, 0.25) is 0 Å². The summed E-state index contributed by atoms with van der Waals surface area (Å²) in [6.45, 7) is 1.45. The number of nitrogens with zero attached hydrogens (tertiary/aromatic N) is 1. The number of phenolic OH excluding ortho intramolecular Hbond substituents is 1. The molecule has 2 aromatic rings. The fourth-order valence-corrected chi connectivity index (χ4v) is 4.22. The lowest BCUT2D eigenvalue weighted by molar-refractivity contribution is 0.156. The molecule has 0 saturated carbocycles. The van der Waals surface area contributed by atoms with E-state index in [2.05, 4.69) is 4.90 Å². The van der Waals surface area contributed by atoms with Crippen LogP contribution in [0.4, 0.5) is 4.39 Å². The van der Waals surface area contributed by atoms with E-state index in [1.54, 1.807) is 13.2 Å². The van der Waals surface area contributed by atoms with Crippen LogP contribution in [-0.4, -0.2) is 30.5 Å². The van der Waals surface area contributed by atoms with E-state index in [-0.39, 0.29) is 30.2 Å². The van der Waals surface area contributed by atoms with Crippen LogP contribution >= 0.6 is 0 Å². The molecule has 0 radical (unpaired) electrons. The molecule has 1 N–H and O–H groups in total. The molecule has 3 aliphatic rings. The number of phenols is 1. The number of hydrogen-bond acceptors (Lipinski definition) is 5. The zero-order valence-corrected chi connectivity index (χ0v) is 13.8. The highest BCUT2D eigenvalue weighted by atomic mass is 19.1. The van der Waals surface area contributed by atoms with Gasteiger partial charge in [0.05, 0.1) is 7.11 Å². The molecule has 6 heteroatoms. The quantitative estimate of drug-likeness (QED) is 0.863.